The number of carbonyl (C=O) groups is 2. The van der Waals surface area contributed by atoms with Gasteiger partial charge in [0.25, 0.3) is 0 Å². The van der Waals surface area contributed by atoms with Crippen LogP contribution in [0.5, 0.6) is 0 Å². The highest BCUT2D eigenvalue weighted by Crippen LogP contribution is 2.23. The molecule has 0 atom stereocenters. The van der Waals surface area contributed by atoms with Crippen LogP contribution in [0.3, 0.4) is 0 Å². The van der Waals surface area contributed by atoms with Gasteiger partial charge in [-0.2, -0.15) is 0 Å². The standard InChI is InChI=1S/C11H10N2O3S3/c14-8(6-18-10-2-1-3-17-10)13-11-12-7(5-19-11)4-9(15)16/h1-3,5H,4,6H2,(H,15,16)(H,12,13,14). The molecule has 0 aliphatic rings. The molecule has 0 spiro atoms. The Balaban J connectivity index is 1.81. The van der Waals surface area contributed by atoms with Gasteiger partial charge in [-0.1, -0.05) is 6.07 Å². The van der Waals surface area contributed by atoms with Crippen molar-refractivity contribution in [3.05, 3.63) is 28.6 Å². The largest absolute Gasteiger partial charge is 0.481 e. The third-order valence-corrected chi connectivity index (χ3v) is 4.91. The Morgan fingerprint density at radius 3 is 2.95 bits per heavy atom. The summed E-state index contributed by atoms with van der Waals surface area (Å²) >= 11 is 4.28. The molecule has 0 radical (unpaired) electrons. The lowest BCUT2D eigenvalue weighted by Crippen LogP contribution is -2.13. The second-order valence-corrected chi connectivity index (χ2v) is 6.56. The van der Waals surface area contributed by atoms with Gasteiger partial charge in [0.1, 0.15) is 0 Å². The number of thiophene rings is 1. The molecule has 2 aromatic rings. The van der Waals surface area contributed by atoms with Crippen molar-refractivity contribution in [2.24, 2.45) is 0 Å². The molecule has 100 valence electrons. The van der Waals surface area contributed by atoms with Gasteiger partial charge in [-0.05, 0) is 11.4 Å². The summed E-state index contributed by atoms with van der Waals surface area (Å²) in [4.78, 5) is 26.2. The molecule has 0 aliphatic heterocycles. The maximum Gasteiger partial charge on any atom is 0.309 e. The first-order chi connectivity index (χ1) is 9.13. The minimum absolute atomic E-state index is 0.129. The van der Waals surface area contributed by atoms with Crippen molar-refractivity contribution in [3.63, 3.8) is 0 Å². The monoisotopic (exact) mass is 314 g/mol. The van der Waals surface area contributed by atoms with Crippen LogP contribution in [0.25, 0.3) is 0 Å². The SMILES string of the molecule is O=C(O)Cc1csc(NC(=O)CSc2cccs2)n1. The maximum atomic E-state index is 11.7. The van der Waals surface area contributed by atoms with E-state index in [1.54, 1.807) is 16.7 Å². The van der Waals surface area contributed by atoms with Crippen molar-refractivity contribution < 1.29 is 14.7 Å². The fourth-order valence-electron chi connectivity index (χ4n) is 1.24. The topological polar surface area (TPSA) is 79.3 Å². The van der Waals surface area contributed by atoms with Crippen LogP contribution in [0.2, 0.25) is 0 Å². The van der Waals surface area contributed by atoms with E-state index in [1.807, 2.05) is 17.5 Å². The normalized spacial score (nSPS) is 10.3. The van der Waals surface area contributed by atoms with E-state index in [0.717, 1.165) is 4.21 Å². The molecule has 0 bridgehead atoms. The van der Waals surface area contributed by atoms with E-state index in [-0.39, 0.29) is 12.3 Å². The minimum atomic E-state index is -0.934. The van der Waals surface area contributed by atoms with E-state index in [1.165, 1.54) is 23.1 Å². The molecule has 0 aromatic carbocycles. The molecule has 2 N–H and O–H groups in total. The van der Waals surface area contributed by atoms with Gasteiger partial charge in [0, 0.05) is 5.38 Å². The zero-order valence-corrected chi connectivity index (χ0v) is 12.1. The minimum Gasteiger partial charge on any atom is -0.481 e. The highest BCUT2D eigenvalue weighted by atomic mass is 32.2. The zero-order chi connectivity index (χ0) is 13.7. The summed E-state index contributed by atoms with van der Waals surface area (Å²) in [6, 6.07) is 3.89. The summed E-state index contributed by atoms with van der Waals surface area (Å²) in [5.41, 5.74) is 0.457. The van der Waals surface area contributed by atoms with Crippen molar-refractivity contribution in [1.29, 1.82) is 0 Å². The number of nitrogens with one attached hydrogen (secondary N) is 1. The molecule has 2 rings (SSSR count). The summed E-state index contributed by atoms with van der Waals surface area (Å²) in [5, 5.41) is 15.3. The number of thiazole rings is 1. The van der Waals surface area contributed by atoms with Gasteiger partial charge in [0.2, 0.25) is 5.91 Å². The quantitative estimate of drug-likeness (QED) is 0.801. The first-order valence-electron chi connectivity index (χ1n) is 5.26. The first kappa shape index (κ1) is 14.0. The molecule has 19 heavy (non-hydrogen) atoms. The van der Waals surface area contributed by atoms with Crippen LogP contribution >= 0.6 is 34.4 Å². The van der Waals surface area contributed by atoms with Crippen molar-refractivity contribution in [2.45, 2.75) is 10.6 Å². The third kappa shape index (κ3) is 4.66. The Kier molecular flexibility index (Phi) is 4.94. The van der Waals surface area contributed by atoms with E-state index in [2.05, 4.69) is 10.3 Å². The van der Waals surface area contributed by atoms with Crippen molar-refractivity contribution in [2.75, 3.05) is 11.1 Å². The van der Waals surface area contributed by atoms with Crippen LogP contribution in [0, 0.1) is 0 Å². The Bertz CT molecular complexity index is 566. The number of carbonyl (C=O) groups excluding carboxylic acids is 1. The Labute approximate surface area is 121 Å². The number of aromatic nitrogens is 1. The Hall–Kier alpha value is -1.38. The van der Waals surface area contributed by atoms with Gasteiger partial charge in [0.15, 0.2) is 5.13 Å². The van der Waals surface area contributed by atoms with Crippen molar-refractivity contribution >= 4 is 51.4 Å². The number of carboxylic acids is 1. The lowest BCUT2D eigenvalue weighted by atomic mass is 10.3. The van der Waals surface area contributed by atoms with Gasteiger partial charge in [0.05, 0.1) is 22.1 Å². The van der Waals surface area contributed by atoms with Crippen molar-refractivity contribution in [3.8, 4) is 0 Å². The molecule has 0 saturated carbocycles. The second kappa shape index (κ2) is 6.69. The van der Waals surface area contributed by atoms with Gasteiger partial charge >= 0.3 is 5.97 Å². The molecular weight excluding hydrogens is 304 g/mol. The summed E-state index contributed by atoms with van der Waals surface area (Å²) in [6.45, 7) is 0. The van der Waals surface area contributed by atoms with E-state index < -0.39 is 5.97 Å². The van der Waals surface area contributed by atoms with Crippen LogP contribution in [-0.2, 0) is 16.0 Å². The van der Waals surface area contributed by atoms with Crippen LogP contribution < -0.4 is 5.32 Å². The van der Waals surface area contributed by atoms with Gasteiger partial charge < -0.3 is 10.4 Å². The predicted molar refractivity (Wildman–Crippen MR) is 77.1 cm³/mol. The van der Waals surface area contributed by atoms with Crippen LogP contribution in [-0.4, -0.2) is 27.7 Å². The molecule has 0 fully saturated rings. The molecule has 2 heterocycles. The molecule has 0 unspecified atom stereocenters. The van der Waals surface area contributed by atoms with E-state index in [9.17, 15) is 9.59 Å². The van der Waals surface area contributed by atoms with E-state index >= 15 is 0 Å². The molecular formula is C11H10N2O3S3. The van der Waals surface area contributed by atoms with Crippen molar-refractivity contribution in [1.82, 2.24) is 4.98 Å². The highest BCUT2D eigenvalue weighted by molar-refractivity contribution is 8.01. The van der Waals surface area contributed by atoms with Gasteiger partial charge in [-0.25, -0.2) is 4.98 Å². The number of hydrogen-bond acceptors (Lipinski definition) is 6. The molecule has 0 saturated heterocycles. The number of anilines is 1. The lowest BCUT2D eigenvalue weighted by Gasteiger charge is -1.99. The third-order valence-electron chi connectivity index (χ3n) is 1.97. The number of amides is 1. The molecule has 5 nitrogen and oxygen atoms in total. The first-order valence-corrected chi connectivity index (χ1v) is 8.00. The number of rotatable bonds is 6. The summed E-state index contributed by atoms with van der Waals surface area (Å²) < 4.78 is 1.08. The lowest BCUT2D eigenvalue weighted by molar-refractivity contribution is -0.136. The molecule has 8 heteroatoms. The fourth-order valence-corrected chi connectivity index (χ4v) is 3.55. The number of thioether (sulfide) groups is 1. The van der Waals surface area contributed by atoms with Gasteiger partial charge in [-0.15, -0.1) is 34.4 Å². The number of hydrogen-bond donors (Lipinski definition) is 2. The molecule has 1 amide bonds. The van der Waals surface area contributed by atoms with Crippen LogP contribution in [0.15, 0.2) is 27.1 Å². The predicted octanol–water partition coefficient (Wildman–Crippen LogP) is 2.56. The number of carboxylic acid groups (broad SMARTS) is 1. The second-order valence-electron chi connectivity index (χ2n) is 3.48. The van der Waals surface area contributed by atoms with E-state index in [0.29, 0.717) is 16.6 Å². The fraction of sp³-hybridized carbons (Fsp3) is 0.182. The number of aliphatic carboxylic acids is 1. The smallest absolute Gasteiger partial charge is 0.309 e. The Morgan fingerprint density at radius 2 is 2.26 bits per heavy atom. The zero-order valence-electron chi connectivity index (χ0n) is 9.66. The summed E-state index contributed by atoms with van der Waals surface area (Å²) in [6.07, 6.45) is -0.129. The van der Waals surface area contributed by atoms with Gasteiger partial charge in [-0.3, -0.25) is 9.59 Å². The average Bonchev–Trinajstić information content (AvgIpc) is 2.97. The summed E-state index contributed by atoms with van der Waals surface area (Å²) in [7, 11) is 0. The maximum absolute atomic E-state index is 11.7. The van der Waals surface area contributed by atoms with Crippen LogP contribution in [0.4, 0.5) is 5.13 Å². The van der Waals surface area contributed by atoms with Crippen LogP contribution in [0.1, 0.15) is 5.69 Å². The summed E-state index contributed by atoms with van der Waals surface area (Å²) in [5.74, 6) is -0.764. The Morgan fingerprint density at radius 1 is 1.42 bits per heavy atom. The highest BCUT2D eigenvalue weighted by Gasteiger charge is 2.09. The van der Waals surface area contributed by atoms with E-state index in [4.69, 9.17) is 5.11 Å². The average molecular weight is 314 g/mol. The number of nitrogens with zero attached hydrogens (tertiary/aromatic N) is 1. The molecule has 2 aromatic heterocycles. The molecule has 0 aliphatic carbocycles.